The van der Waals surface area contributed by atoms with Gasteiger partial charge in [-0.25, -0.2) is 4.79 Å². The third kappa shape index (κ3) is 3.63. The summed E-state index contributed by atoms with van der Waals surface area (Å²) < 4.78 is 5.07. The number of hydrogen-bond donors (Lipinski definition) is 1. The molecule has 0 aromatic rings. The molecule has 1 rings (SSSR count). The second kappa shape index (κ2) is 5.07. The number of piperidine rings is 1. The average Bonchev–Trinajstić information content (AvgIpc) is 2.15. The molecule has 0 aromatic heterocycles. The highest BCUT2D eigenvalue weighted by Gasteiger charge is 2.14. The van der Waals surface area contributed by atoms with Gasteiger partial charge < -0.3 is 15.0 Å². The quantitative estimate of drug-likeness (QED) is 0.694. The summed E-state index contributed by atoms with van der Waals surface area (Å²) >= 11 is 0. The predicted octanol–water partition coefficient (Wildman–Crippen LogP) is 0.827. The third-order valence-electron chi connectivity index (χ3n) is 2.19. The van der Waals surface area contributed by atoms with Crippen molar-refractivity contribution in [3.05, 3.63) is 0 Å². The van der Waals surface area contributed by atoms with Crippen LogP contribution in [0, 0.1) is 0 Å². The monoisotopic (exact) mass is 186 g/mol. The van der Waals surface area contributed by atoms with Gasteiger partial charge >= 0.3 is 6.09 Å². The first-order valence-corrected chi connectivity index (χ1v) is 4.77. The number of rotatable bonds is 2. The number of carbonyl (C=O) groups excluding carboxylic acids is 1. The second-order valence-corrected chi connectivity index (χ2v) is 3.62. The Labute approximate surface area is 79.2 Å². The van der Waals surface area contributed by atoms with Crippen molar-refractivity contribution in [2.45, 2.75) is 25.3 Å². The summed E-state index contributed by atoms with van der Waals surface area (Å²) in [6.45, 7) is 1.54. The summed E-state index contributed by atoms with van der Waals surface area (Å²) in [6, 6.07) is 0.359. The Morgan fingerprint density at radius 3 is 2.85 bits per heavy atom. The zero-order valence-corrected chi connectivity index (χ0v) is 8.38. The van der Waals surface area contributed by atoms with Gasteiger partial charge in [-0.15, -0.1) is 0 Å². The Bertz CT molecular complexity index is 165. The van der Waals surface area contributed by atoms with Crippen molar-refractivity contribution in [3.8, 4) is 0 Å². The van der Waals surface area contributed by atoms with Crippen molar-refractivity contribution < 1.29 is 9.53 Å². The lowest BCUT2D eigenvalue weighted by molar-refractivity contribution is 0.103. The van der Waals surface area contributed by atoms with E-state index < -0.39 is 0 Å². The topological polar surface area (TPSA) is 41.6 Å². The van der Waals surface area contributed by atoms with Gasteiger partial charge in [0.1, 0.15) is 6.61 Å². The minimum atomic E-state index is -0.257. The fourth-order valence-corrected chi connectivity index (χ4v) is 1.37. The summed E-state index contributed by atoms with van der Waals surface area (Å²) in [5.41, 5.74) is 0. The maximum Gasteiger partial charge on any atom is 0.409 e. The van der Waals surface area contributed by atoms with Gasteiger partial charge in [-0.2, -0.15) is 0 Å². The van der Waals surface area contributed by atoms with Gasteiger partial charge in [0, 0.05) is 20.1 Å². The number of ether oxygens (including phenoxy) is 1. The van der Waals surface area contributed by atoms with Crippen LogP contribution in [0.5, 0.6) is 0 Å². The van der Waals surface area contributed by atoms with Crippen molar-refractivity contribution in [1.29, 1.82) is 0 Å². The van der Waals surface area contributed by atoms with Crippen LogP contribution in [0.4, 0.5) is 4.79 Å². The number of nitrogens with one attached hydrogen (secondary N) is 1. The standard InChI is InChI=1S/C9H18N2O2/c1-11(2)9(12)13-7-8-5-3-4-6-10-8/h8,10H,3-7H2,1-2H3/t8-/m1/s1. The Balaban J connectivity index is 2.13. The predicted molar refractivity (Wildman–Crippen MR) is 50.7 cm³/mol. The van der Waals surface area contributed by atoms with Crippen LogP contribution in [0.1, 0.15) is 19.3 Å². The molecule has 0 bridgehead atoms. The normalized spacial score (nSPS) is 22.5. The lowest BCUT2D eigenvalue weighted by atomic mass is 10.1. The van der Waals surface area contributed by atoms with E-state index in [4.69, 9.17) is 4.74 Å². The Morgan fingerprint density at radius 2 is 2.31 bits per heavy atom. The van der Waals surface area contributed by atoms with Crippen LogP contribution in [0.25, 0.3) is 0 Å². The van der Waals surface area contributed by atoms with Gasteiger partial charge in [-0.1, -0.05) is 6.42 Å². The van der Waals surface area contributed by atoms with Crippen LogP contribution >= 0.6 is 0 Å². The third-order valence-corrected chi connectivity index (χ3v) is 2.19. The van der Waals surface area contributed by atoms with Crippen molar-refractivity contribution in [2.24, 2.45) is 0 Å². The molecule has 1 amide bonds. The van der Waals surface area contributed by atoms with E-state index in [1.807, 2.05) is 0 Å². The highest BCUT2D eigenvalue weighted by atomic mass is 16.6. The smallest absolute Gasteiger partial charge is 0.409 e. The molecule has 1 heterocycles. The Kier molecular flexibility index (Phi) is 4.02. The number of nitrogens with zero attached hydrogens (tertiary/aromatic N) is 1. The van der Waals surface area contributed by atoms with E-state index in [2.05, 4.69) is 5.32 Å². The van der Waals surface area contributed by atoms with Gasteiger partial charge in [0.05, 0.1) is 0 Å². The molecule has 0 saturated carbocycles. The molecule has 0 aliphatic carbocycles. The van der Waals surface area contributed by atoms with Crippen molar-refractivity contribution in [2.75, 3.05) is 27.2 Å². The number of amides is 1. The maximum atomic E-state index is 11.1. The van der Waals surface area contributed by atoms with Crippen molar-refractivity contribution in [1.82, 2.24) is 10.2 Å². The van der Waals surface area contributed by atoms with E-state index in [-0.39, 0.29) is 6.09 Å². The minimum absolute atomic E-state index is 0.257. The van der Waals surface area contributed by atoms with Crippen LogP contribution in [-0.2, 0) is 4.74 Å². The first kappa shape index (κ1) is 10.3. The summed E-state index contributed by atoms with van der Waals surface area (Å²) in [6.07, 6.45) is 3.32. The average molecular weight is 186 g/mol. The largest absolute Gasteiger partial charge is 0.448 e. The molecule has 4 heteroatoms. The Morgan fingerprint density at radius 1 is 1.54 bits per heavy atom. The van der Waals surface area contributed by atoms with Gasteiger partial charge in [-0.05, 0) is 19.4 Å². The van der Waals surface area contributed by atoms with Crippen LogP contribution in [-0.4, -0.2) is 44.3 Å². The van der Waals surface area contributed by atoms with Crippen molar-refractivity contribution >= 4 is 6.09 Å². The minimum Gasteiger partial charge on any atom is -0.448 e. The summed E-state index contributed by atoms with van der Waals surface area (Å²) in [5, 5.41) is 3.32. The van der Waals surface area contributed by atoms with E-state index >= 15 is 0 Å². The molecule has 1 saturated heterocycles. The van der Waals surface area contributed by atoms with E-state index in [1.54, 1.807) is 14.1 Å². The zero-order valence-electron chi connectivity index (χ0n) is 8.38. The fourth-order valence-electron chi connectivity index (χ4n) is 1.37. The lowest BCUT2D eigenvalue weighted by Crippen LogP contribution is -2.39. The SMILES string of the molecule is CN(C)C(=O)OC[C@H]1CCCCN1. The molecule has 4 nitrogen and oxygen atoms in total. The van der Waals surface area contributed by atoms with E-state index in [0.29, 0.717) is 12.6 Å². The molecular formula is C9H18N2O2. The molecule has 0 radical (unpaired) electrons. The second-order valence-electron chi connectivity index (χ2n) is 3.62. The molecule has 13 heavy (non-hydrogen) atoms. The van der Waals surface area contributed by atoms with Crippen molar-refractivity contribution in [3.63, 3.8) is 0 Å². The summed E-state index contributed by atoms with van der Waals surface area (Å²) in [5.74, 6) is 0. The van der Waals surface area contributed by atoms with E-state index in [0.717, 1.165) is 13.0 Å². The van der Waals surface area contributed by atoms with Crippen LogP contribution < -0.4 is 5.32 Å². The molecule has 1 N–H and O–H groups in total. The Hall–Kier alpha value is -0.770. The molecule has 0 spiro atoms. The van der Waals surface area contributed by atoms with Gasteiger partial charge in [0.15, 0.2) is 0 Å². The molecular weight excluding hydrogens is 168 g/mol. The fraction of sp³-hybridized carbons (Fsp3) is 0.889. The molecule has 0 aromatic carbocycles. The summed E-state index contributed by atoms with van der Waals surface area (Å²) in [7, 11) is 3.38. The summed E-state index contributed by atoms with van der Waals surface area (Å²) in [4.78, 5) is 12.5. The van der Waals surface area contributed by atoms with Gasteiger partial charge in [0.25, 0.3) is 0 Å². The maximum absolute atomic E-state index is 11.1. The van der Waals surface area contributed by atoms with Gasteiger partial charge in [0.2, 0.25) is 0 Å². The van der Waals surface area contributed by atoms with Crippen LogP contribution in [0.2, 0.25) is 0 Å². The molecule has 1 atom stereocenters. The highest BCUT2D eigenvalue weighted by molar-refractivity contribution is 5.66. The molecule has 1 aliphatic rings. The molecule has 0 unspecified atom stereocenters. The van der Waals surface area contributed by atoms with Crippen LogP contribution in [0.15, 0.2) is 0 Å². The van der Waals surface area contributed by atoms with E-state index in [9.17, 15) is 4.79 Å². The zero-order chi connectivity index (χ0) is 9.68. The van der Waals surface area contributed by atoms with E-state index in [1.165, 1.54) is 17.7 Å². The molecule has 1 fully saturated rings. The number of carbonyl (C=O) groups is 1. The molecule has 1 aliphatic heterocycles. The lowest BCUT2D eigenvalue weighted by Gasteiger charge is -2.23. The first-order valence-electron chi connectivity index (χ1n) is 4.77. The van der Waals surface area contributed by atoms with Crippen LogP contribution in [0.3, 0.4) is 0 Å². The van der Waals surface area contributed by atoms with Gasteiger partial charge in [-0.3, -0.25) is 0 Å². The molecule has 76 valence electrons. The highest BCUT2D eigenvalue weighted by Crippen LogP contribution is 2.07. The first-order chi connectivity index (χ1) is 6.20. The number of hydrogen-bond acceptors (Lipinski definition) is 3.